The van der Waals surface area contributed by atoms with Crippen LogP contribution in [0.2, 0.25) is 10.0 Å². The van der Waals surface area contributed by atoms with E-state index < -0.39 is 12.0 Å². The van der Waals surface area contributed by atoms with Gasteiger partial charge in [0.25, 0.3) is 5.78 Å². The number of carbonyl (C=O) groups is 1. The number of halogens is 5. The minimum atomic E-state index is -4.92. The Morgan fingerprint density at radius 1 is 1.08 bits per heavy atom. The summed E-state index contributed by atoms with van der Waals surface area (Å²) in [5, 5.41) is 1.13. The van der Waals surface area contributed by atoms with E-state index in [9.17, 15) is 18.0 Å². The van der Waals surface area contributed by atoms with Crippen LogP contribution in [0.5, 0.6) is 0 Å². The normalized spacial score (nSPS) is 11.9. The van der Waals surface area contributed by atoms with Crippen molar-refractivity contribution in [3.05, 3.63) is 69.8 Å². The zero-order valence-electron chi connectivity index (χ0n) is 12.1. The lowest BCUT2D eigenvalue weighted by Crippen LogP contribution is -2.22. The Balaban J connectivity index is 2.10. The van der Waals surface area contributed by atoms with Crippen molar-refractivity contribution in [1.82, 2.24) is 4.57 Å². The SMILES string of the molecule is O=C(c1cn(Cc2ccc(Cl)cc2Cl)c2ccccc12)C(F)(F)F. The molecule has 0 unspecified atom stereocenters. The van der Waals surface area contributed by atoms with Crippen LogP contribution in [-0.4, -0.2) is 16.5 Å². The lowest BCUT2D eigenvalue weighted by Gasteiger charge is -2.08. The second kappa shape index (κ2) is 6.15. The molecule has 0 radical (unpaired) electrons. The summed E-state index contributed by atoms with van der Waals surface area (Å²) in [6.07, 6.45) is -3.71. The van der Waals surface area contributed by atoms with Gasteiger partial charge in [0.05, 0.1) is 5.56 Å². The molecule has 0 bridgehead atoms. The van der Waals surface area contributed by atoms with E-state index in [-0.39, 0.29) is 17.5 Å². The van der Waals surface area contributed by atoms with Crippen LogP contribution >= 0.6 is 23.2 Å². The summed E-state index contributed by atoms with van der Waals surface area (Å²) in [7, 11) is 0. The Bertz CT molecular complexity index is 931. The lowest BCUT2D eigenvalue weighted by atomic mass is 10.1. The van der Waals surface area contributed by atoms with Crippen LogP contribution < -0.4 is 0 Å². The Hall–Kier alpha value is -1.98. The molecule has 0 atom stereocenters. The summed E-state index contributed by atoms with van der Waals surface area (Å²) in [4.78, 5) is 11.7. The first-order valence-electron chi connectivity index (χ1n) is 6.90. The molecule has 0 spiro atoms. The number of carbonyl (C=O) groups excluding carboxylic acids is 1. The van der Waals surface area contributed by atoms with Crippen molar-refractivity contribution in [3.63, 3.8) is 0 Å². The van der Waals surface area contributed by atoms with Crippen LogP contribution in [0.25, 0.3) is 10.9 Å². The number of hydrogen-bond acceptors (Lipinski definition) is 1. The molecule has 3 rings (SSSR count). The largest absolute Gasteiger partial charge is 0.454 e. The summed E-state index contributed by atoms with van der Waals surface area (Å²) in [5.41, 5.74) is 0.840. The Morgan fingerprint density at radius 3 is 2.46 bits per heavy atom. The maximum absolute atomic E-state index is 12.8. The third-order valence-corrected chi connectivity index (χ3v) is 4.23. The van der Waals surface area contributed by atoms with Crippen LogP contribution in [-0.2, 0) is 6.54 Å². The molecule has 0 aliphatic rings. The zero-order valence-corrected chi connectivity index (χ0v) is 13.6. The number of para-hydroxylation sites is 1. The monoisotopic (exact) mass is 371 g/mol. The second-order valence-electron chi connectivity index (χ2n) is 5.25. The first-order valence-corrected chi connectivity index (χ1v) is 7.66. The number of aromatic nitrogens is 1. The summed E-state index contributed by atoms with van der Waals surface area (Å²) in [5.74, 6) is -1.86. The number of nitrogens with zero attached hydrogens (tertiary/aromatic N) is 1. The van der Waals surface area contributed by atoms with Crippen molar-refractivity contribution in [2.24, 2.45) is 0 Å². The third kappa shape index (κ3) is 3.14. The average Bonchev–Trinajstić information content (AvgIpc) is 2.87. The quantitative estimate of drug-likeness (QED) is 0.538. The van der Waals surface area contributed by atoms with Gasteiger partial charge in [-0.15, -0.1) is 0 Å². The van der Waals surface area contributed by atoms with Crippen molar-refractivity contribution in [2.75, 3.05) is 0 Å². The number of ketones is 1. The summed E-state index contributed by atoms with van der Waals surface area (Å²) < 4.78 is 40.0. The number of benzene rings is 2. The smallest absolute Gasteiger partial charge is 0.342 e. The molecule has 0 fully saturated rings. The molecule has 0 amide bonds. The fraction of sp³-hybridized carbons (Fsp3) is 0.118. The van der Waals surface area contributed by atoms with E-state index in [1.165, 1.54) is 12.3 Å². The van der Waals surface area contributed by atoms with Crippen LogP contribution in [0.4, 0.5) is 13.2 Å². The molecule has 2 nitrogen and oxygen atoms in total. The van der Waals surface area contributed by atoms with Crippen LogP contribution in [0.1, 0.15) is 15.9 Å². The van der Waals surface area contributed by atoms with Gasteiger partial charge in [0.1, 0.15) is 0 Å². The summed E-state index contributed by atoms with van der Waals surface area (Å²) >= 11 is 12.0. The van der Waals surface area contributed by atoms with E-state index in [4.69, 9.17) is 23.2 Å². The highest BCUT2D eigenvalue weighted by atomic mass is 35.5. The van der Waals surface area contributed by atoms with Crippen LogP contribution in [0, 0.1) is 0 Å². The molecule has 2 aromatic carbocycles. The van der Waals surface area contributed by atoms with Crippen molar-refractivity contribution in [3.8, 4) is 0 Å². The van der Waals surface area contributed by atoms with E-state index in [1.54, 1.807) is 41.0 Å². The predicted octanol–water partition coefficient (Wildman–Crippen LogP) is 5.74. The standard InChI is InChI=1S/C17H10Cl2F3NO/c18-11-6-5-10(14(19)7-11)8-23-9-13(16(24)17(20,21)22)12-3-1-2-4-15(12)23/h1-7,9H,8H2. The molecule has 0 aliphatic heterocycles. The molecule has 1 heterocycles. The molecule has 0 aliphatic carbocycles. The number of Topliss-reactive ketones (excluding diaryl/α,β-unsaturated/α-hetero) is 1. The molecule has 3 aromatic rings. The van der Waals surface area contributed by atoms with E-state index in [2.05, 4.69) is 0 Å². The zero-order chi connectivity index (χ0) is 17.5. The van der Waals surface area contributed by atoms with E-state index in [1.807, 2.05) is 0 Å². The molecule has 1 aromatic heterocycles. The summed E-state index contributed by atoms with van der Waals surface area (Å²) in [6.45, 7) is 0.224. The van der Waals surface area contributed by atoms with Crippen LogP contribution in [0.15, 0.2) is 48.7 Å². The van der Waals surface area contributed by atoms with Gasteiger partial charge < -0.3 is 4.57 Å². The molecule has 24 heavy (non-hydrogen) atoms. The maximum atomic E-state index is 12.8. The molecule has 0 saturated heterocycles. The molecule has 0 N–H and O–H groups in total. The Kier molecular flexibility index (Phi) is 4.32. The fourth-order valence-electron chi connectivity index (χ4n) is 2.54. The van der Waals surface area contributed by atoms with Gasteiger partial charge >= 0.3 is 6.18 Å². The first-order chi connectivity index (χ1) is 11.3. The van der Waals surface area contributed by atoms with Gasteiger partial charge in [-0.25, -0.2) is 0 Å². The fourth-order valence-corrected chi connectivity index (χ4v) is 3.01. The van der Waals surface area contributed by atoms with Crippen molar-refractivity contribution in [2.45, 2.75) is 12.7 Å². The number of alkyl halides is 3. The number of hydrogen-bond donors (Lipinski definition) is 0. The van der Waals surface area contributed by atoms with E-state index in [0.717, 1.165) is 0 Å². The molecular weight excluding hydrogens is 362 g/mol. The molecule has 0 saturated carbocycles. The van der Waals surface area contributed by atoms with E-state index in [0.29, 0.717) is 21.1 Å². The second-order valence-corrected chi connectivity index (χ2v) is 6.09. The molecule has 124 valence electrons. The highest BCUT2D eigenvalue weighted by Gasteiger charge is 2.40. The number of rotatable bonds is 3. The minimum Gasteiger partial charge on any atom is -0.342 e. The van der Waals surface area contributed by atoms with Gasteiger partial charge in [-0.1, -0.05) is 47.5 Å². The Morgan fingerprint density at radius 2 is 1.79 bits per heavy atom. The molecular formula is C17H10Cl2F3NO. The number of fused-ring (bicyclic) bond motifs is 1. The van der Waals surface area contributed by atoms with Gasteiger partial charge in [-0.3, -0.25) is 4.79 Å². The van der Waals surface area contributed by atoms with Gasteiger partial charge in [-0.05, 0) is 23.8 Å². The highest BCUT2D eigenvalue weighted by Crippen LogP contribution is 2.30. The minimum absolute atomic E-state index is 0.224. The predicted molar refractivity (Wildman–Crippen MR) is 87.9 cm³/mol. The van der Waals surface area contributed by atoms with Gasteiger partial charge in [0.2, 0.25) is 0 Å². The highest BCUT2D eigenvalue weighted by molar-refractivity contribution is 6.35. The maximum Gasteiger partial charge on any atom is 0.454 e. The Labute approximate surface area is 145 Å². The lowest BCUT2D eigenvalue weighted by molar-refractivity contribution is -0.0884. The van der Waals surface area contributed by atoms with Crippen molar-refractivity contribution < 1.29 is 18.0 Å². The first kappa shape index (κ1) is 16.9. The van der Waals surface area contributed by atoms with E-state index >= 15 is 0 Å². The van der Waals surface area contributed by atoms with Crippen molar-refractivity contribution >= 4 is 39.9 Å². The van der Waals surface area contributed by atoms with Crippen molar-refractivity contribution in [1.29, 1.82) is 0 Å². The average molecular weight is 372 g/mol. The third-order valence-electron chi connectivity index (χ3n) is 3.65. The topological polar surface area (TPSA) is 22.0 Å². The molecule has 7 heteroatoms. The van der Waals surface area contributed by atoms with Gasteiger partial charge in [0.15, 0.2) is 0 Å². The van der Waals surface area contributed by atoms with Gasteiger partial charge in [0, 0.05) is 33.7 Å². The van der Waals surface area contributed by atoms with Gasteiger partial charge in [-0.2, -0.15) is 13.2 Å². The summed E-state index contributed by atoms with van der Waals surface area (Å²) in [6, 6.07) is 11.4. The van der Waals surface area contributed by atoms with Crippen LogP contribution in [0.3, 0.4) is 0 Å².